The summed E-state index contributed by atoms with van der Waals surface area (Å²) >= 11 is 0. The van der Waals surface area contributed by atoms with Gasteiger partial charge in [-0.2, -0.15) is 0 Å². The Labute approximate surface area is 556 Å². The van der Waals surface area contributed by atoms with Crippen LogP contribution in [0.5, 0.6) is 0 Å². The van der Waals surface area contributed by atoms with Crippen molar-refractivity contribution in [2.24, 2.45) is 87.8 Å². The summed E-state index contributed by atoms with van der Waals surface area (Å²) in [7, 11) is 3.55. The number of aliphatic hydroxyl groups excluding tert-OH is 3. The molecule has 5 fully saturated rings. The van der Waals surface area contributed by atoms with Gasteiger partial charge in [0.1, 0.15) is 11.5 Å². The van der Waals surface area contributed by atoms with E-state index < -0.39 is 29.5 Å². The van der Waals surface area contributed by atoms with E-state index in [-0.39, 0.29) is 101 Å². The van der Waals surface area contributed by atoms with Gasteiger partial charge in [-0.3, -0.25) is 14.5 Å². The van der Waals surface area contributed by atoms with Crippen molar-refractivity contribution in [2.45, 2.75) is 172 Å². The summed E-state index contributed by atoms with van der Waals surface area (Å²) < 4.78 is 13.9. The van der Waals surface area contributed by atoms with Crippen molar-refractivity contribution in [2.75, 3.05) is 32.1 Å². The summed E-state index contributed by atoms with van der Waals surface area (Å²) in [5.41, 5.74) is 6.79. The topological polar surface area (TPSA) is 215 Å². The van der Waals surface area contributed by atoms with Crippen LogP contribution >= 0.6 is 21.6 Å². The highest BCUT2D eigenvalue weighted by Gasteiger charge is 2.70. The molecule has 1 saturated heterocycles. The molecule has 4 saturated carbocycles. The summed E-state index contributed by atoms with van der Waals surface area (Å²) in [5.74, 6) is 8.53. The number of hydrogen-bond donors (Lipinski definition) is 7. The number of amides is 2. The van der Waals surface area contributed by atoms with E-state index >= 15 is 9.59 Å². The number of allylic oxidation sites excluding steroid dienone is 5. The normalized spacial score (nSPS) is 36.7. The molecule has 1 aromatic heterocycles. The number of benzene rings is 1. The molecule has 7 N–H and O–H groups in total. The molecule has 6 heterocycles. The molecule has 5 aliphatic heterocycles. The number of imidazole rings is 1. The van der Waals surface area contributed by atoms with Crippen LogP contribution in [0.1, 0.15) is 153 Å². The van der Waals surface area contributed by atoms with Crippen LogP contribution in [-0.2, 0) is 41.5 Å². The van der Waals surface area contributed by atoms with Crippen molar-refractivity contribution in [3.8, 4) is 11.8 Å². The highest BCUT2D eigenvalue weighted by atomic mass is 33.1. The minimum atomic E-state index is -1.03. The molecule has 0 radical (unpaired) electrons. The maximum absolute atomic E-state index is 16.0. The zero-order valence-corrected chi connectivity index (χ0v) is 55.6. The van der Waals surface area contributed by atoms with Crippen LogP contribution in [0.2, 0.25) is 0 Å². The van der Waals surface area contributed by atoms with Gasteiger partial charge in [0.25, 0.3) is 11.8 Å². The van der Waals surface area contributed by atoms with Crippen molar-refractivity contribution in [1.82, 2.24) is 30.8 Å². The van der Waals surface area contributed by atoms with Gasteiger partial charge < -0.3 is 45.7 Å². The Morgan fingerprint density at radius 2 is 1.70 bits per heavy atom. The van der Waals surface area contributed by atoms with E-state index in [2.05, 4.69) is 75.0 Å². The van der Waals surface area contributed by atoms with Crippen molar-refractivity contribution < 1.29 is 44.0 Å². The minimum Gasteiger partial charge on any atom is -0.427 e. The molecule has 17 atom stereocenters. The van der Waals surface area contributed by atoms with Crippen molar-refractivity contribution in [3.63, 3.8) is 0 Å². The average molecular weight is 1300 g/mol. The largest absolute Gasteiger partial charge is 0.427 e. The van der Waals surface area contributed by atoms with E-state index in [1.807, 2.05) is 24.4 Å². The lowest BCUT2D eigenvalue weighted by atomic mass is 9.42. The van der Waals surface area contributed by atoms with E-state index in [0.717, 1.165) is 148 Å². The summed E-state index contributed by atoms with van der Waals surface area (Å²) in [6.07, 6.45) is 32.3. The molecule has 15 nitrogen and oxygen atoms in total. The molecule has 16 rings (SSSR count). The molecular weight excluding hydrogens is 1210 g/mol. The number of nitrogens with one attached hydrogen (secondary N) is 4. The van der Waals surface area contributed by atoms with Gasteiger partial charge in [0.15, 0.2) is 0 Å². The monoisotopic (exact) mass is 1300 g/mol. The Balaban J connectivity index is 0.866. The highest BCUT2D eigenvalue weighted by molar-refractivity contribution is 8.76. The van der Waals surface area contributed by atoms with Crippen LogP contribution in [0, 0.1) is 99.6 Å². The van der Waals surface area contributed by atoms with E-state index in [0.29, 0.717) is 74.2 Å². The Hall–Kier alpha value is -5.61. The van der Waals surface area contributed by atoms with Gasteiger partial charge in [-0.15, -0.1) is 5.92 Å². The second-order valence-electron chi connectivity index (χ2n) is 30.0. The number of nitrogens with zero attached hydrogens (tertiary/aromatic N) is 2. The molecule has 1 spiro atoms. The summed E-state index contributed by atoms with van der Waals surface area (Å²) in [6.45, 7) is 3.32. The van der Waals surface area contributed by atoms with E-state index in [1.165, 1.54) is 35.5 Å². The molecule has 2 aromatic rings. The molecule has 9 bridgehead atoms. The molecule has 9 aliphatic carbocycles. The van der Waals surface area contributed by atoms with E-state index in [1.54, 1.807) is 27.9 Å². The van der Waals surface area contributed by atoms with Crippen molar-refractivity contribution in [1.29, 1.82) is 0 Å². The maximum atomic E-state index is 16.0. The third-order valence-corrected chi connectivity index (χ3v) is 28.0. The number of hydrogen-bond acceptors (Lipinski definition) is 15. The number of rotatable bonds is 15. The zero-order chi connectivity index (χ0) is 63.5. The smallest absolute Gasteiger partial charge is 0.340 e. The number of aromatic amines is 1. The zero-order valence-electron chi connectivity index (χ0n) is 54.0. The maximum Gasteiger partial charge on any atom is 0.340 e. The first-order valence-corrected chi connectivity index (χ1v) is 38.1. The number of carbonyl (C=O) groups is 4. The number of dihydropyridines is 1. The predicted octanol–water partition coefficient (Wildman–Crippen LogP) is 11.2. The summed E-state index contributed by atoms with van der Waals surface area (Å²) in [4.78, 5) is 68.1. The summed E-state index contributed by atoms with van der Waals surface area (Å²) in [6, 6.07) is 10.1. The standard InChI is InChI=1S/C76H94N6O9S2/c1-2-75(27-8-9-28-75)59-21-18-51-36-57-55-25-29-76(69(57)68-66(51)71(59)91-73(68)88)62-22-20-56(53-19-17-45-31-46(41-83)33-50(15-10-14-47(53)32-45)60(84)34-44-11-4-3-5-12-44)72(79-39-61(85)54-16-7-6-13-48(54)35-52-38-77-42-80-52)93-92-43-81-63-37-49(26-30-78-63)58(67(55)70(76)74(89)90-62)40-82-64(86)23-24-65(82)87/h3-5,11-12,22-24,26,37-38,42,45-48,50-51,53-58,60-61,69,72,78-79,81,83-85H,2,6-9,13-14,16-21,25,27-36,39-41,43H2,1H3,(H,77,80)/b62-22-/t45-,46+,47-,48+,50+,51-,53-,54+,55-,56-,57-,58+,60+,61-,69+,72-,76-/m0/s1. The van der Waals surface area contributed by atoms with Crippen LogP contribution in [0.25, 0.3) is 0 Å². The SMILES string of the molecule is CCC1(C2=C3OC(=O)C4=C3[C@@H](CC2)C[C@H]2[C@@H]3CC[C@@]5(C6=C3[C@H](CN3C(=O)C=CC3=O)C3=CCNC(=C3)NCSS[C@H](NC[C@H](O)[C@@H]3CCCC[C@@H]3Cc3cnc[nH]3)[C@H]([C@H]3CC[C@H]7C[C@@H](CO)C[C@H]([C@H](O)Cc8ccccc8)C#CC[C@H]3C7)C/C=C/5OC6=O)[C@@H]42)CCCC1. The molecule has 1 aromatic carbocycles. The molecule has 17 heteroatoms. The number of esters is 2. The number of carbonyl (C=O) groups excluding carboxylic acids is 4. The fourth-order valence-electron chi connectivity index (χ4n) is 21.2. The average Bonchev–Trinajstić information content (AvgIpc) is 1.59. The quantitative estimate of drug-likeness (QED) is 0.0382. The fraction of sp³-hybridized carbons (Fsp3) is 0.618. The number of aromatic nitrogens is 2. The number of H-pyrrole nitrogens is 1. The van der Waals surface area contributed by atoms with Gasteiger partial charge >= 0.3 is 11.9 Å². The number of aliphatic hydroxyl groups is 3. The third-order valence-electron chi connectivity index (χ3n) is 25.5. The number of imide groups is 1. The van der Waals surface area contributed by atoms with Crippen LogP contribution in [0.3, 0.4) is 0 Å². The third kappa shape index (κ3) is 11.8. The van der Waals surface area contributed by atoms with Crippen LogP contribution < -0.4 is 16.0 Å². The first-order valence-electron chi connectivity index (χ1n) is 35.7. The molecule has 2 amide bonds. The van der Waals surface area contributed by atoms with Crippen LogP contribution in [0.4, 0.5) is 0 Å². The Kier molecular flexibility index (Phi) is 18.3. The van der Waals surface area contributed by atoms with Gasteiger partial charge in [-0.1, -0.05) is 103 Å². The Bertz CT molecular complexity index is 3500. The molecular formula is C76H94N6O9S2. The lowest BCUT2D eigenvalue weighted by molar-refractivity contribution is -0.138. The molecule has 0 unspecified atom stereocenters. The predicted molar refractivity (Wildman–Crippen MR) is 359 cm³/mol. The molecule has 494 valence electrons. The van der Waals surface area contributed by atoms with Gasteiger partial charge in [-0.25, -0.2) is 14.6 Å². The van der Waals surface area contributed by atoms with Crippen molar-refractivity contribution >= 4 is 45.3 Å². The second kappa shape index (κ2) is 26.8. The first kappa shape index (κ1) is 63.4. The Morgan fingerprint density at radius 3 is 2.51 bits per heavy atom. The molecule has 93 heavy (non-hydrogen) atoms. The van der Waals surface area contributed by atoms with Crippen LogP contribution in [-0.4, -0.2) is 104 Å². The van der Waals surface area contributed by atoms with Gasteiger partial charge in [0, 0.05) is 85.6 Å². The van der Waals surface area contributed by atoms with Crippen LogP contribution in [0.15, 0.2) is 124 Å². The van der Waals surface area contributed by atoms with E-state index in [9.17, 15) is 24.9 Å². The summed E-state index contributed by atoms with van der Waals surface area (Å²) in [5, 5.41) is 46.9. The van der Waals surface area contributed by atoms with Gasteiger partial charge in [-0.05, 0) is 208 Å². The van der Waals surface area contributed by atoms with E-state index in [4.69, 9.17) is 9.47 Å². The fourth-order valence-corrected chi connectivity index (χ4v) is 23.7. The lowest BCUT2D eigenvalue weighted by Crippen LogP contribution is -2.55. The number of ether oxygens (including phenoxy) is 2. The minimum absolute atomic E-state index is 0.00547. The molecule has 14 aliphatic rings. The first-order chi connectivity index (χ1) is 45.4. The van der Waals surface area contributed by atoms with Crippen molar-refractivity contribution in [3.05, 3.63) is 135 Å². The Morgan fingerprint density at radius 1 is 0.860 bits per heavy atom. The lowest BCUT2D eigenvalue weighted by Gasteiger charge is -2.58. The van der Waals surface area contributed by atoms with Gasteiger partial charge in [0.2, 0.25) is 0 Å². The second-order valence-corrected chi connectivity index (χ2v) is 32.5. The number of fused-ring (bicyclic) bond motifs is 4. The van der Waals surface area contributed by atoms with Gasteiger partial charge in [0.05, 0.1) is 46.6 Å². The highest BCUT2D eigenvalue weighted by Crippen LogP contribution is 2.73.